The first-order valence-corrected chi connectivity index (χ1v) is 9.02. The number of carbonyl (C=O) groups is 1. The normalized spacial score (nSPS) is 11.5. The lowest BCUT2D eigenvalue weighted by molar-refractivity contribution is -0.136. The first-order valence-electron chi connectivity index (χ1n) is 6.72. The third-order valence-corrected chi connectivity index (χ3v) is 6.02. The van der Waals surface area contributed by atoms with E-state index in [1.165, 1.54) is 11.3 Å². The van der Waals surface area contributed by atoms with Gasteiger partial charge in [0.25, 0.3) is 0 Å². The van der Waals surface area contributed by atoms with Crippen LogP contribution in [0.3, 0.4) is 0 Å². The van der Waals surface area contributed by atoms with Crippen LogP contribution < -0.4 is 4.72 Å². The Morgan fingerprint density at radius 1 is 1.14 bits per heavy atom. The van der Waals surface area contributed by atoms with Crippen LogP contribution in [0.4, 0.5) is 0 Å². The average molecular weight is 339 g/mol. The van der Waals surface area contributed by atoms with Crippen LogP contribution >= 0.6 is 11.3 Å². The molecule has 0 radical (unpaired) electrons. The molecular formula is C15H17NO4S2. The van der Waals surface area contributed by atoms with Crippen molar-refractivity contribution in [2.45, 2.75) is 24.0 Å². The second-order valence-electron chi connectivity index (χ2n) is 4.90. The number of thiophene rings is 1. The minimum atomic E-state index is -3.44. The number of rotatable bonds is 7. The van der Waals surface area contributed by atoms with Gasteiger partial charge in [0.05, 0.1) is 6.42 Å². The van der Waals surface area contributed by atoms with Crippen LogP contribution in [0.25, 0.3) is 0 Å². The van der Waals surface area contributed by atoms with Crippen molar-refractivity contribution in [1.29, 1.82) is 0 Å². The standard InChI is InChI=1S/C15H17NO4S2/c1-11-2-7-15(21-11)22(19,20)16-9-8-12-3-5-13(6-4-12)10-14(17)18/h2-7,16H,8-10H2,1H3,(H,17,18). The van der Waals surface area contributed by atoms with Crippen molar-refractivity contribution in [3.63, 3.8) is 0 Å². The van der Waals surface area contributed by atoms with Crippen molar-refractivity contribution in [2.24, 2.45) is 0 Å². The van der Waals surface area contributed by atoms with E-state index in [-0.39, 0.29) is 6.42 Å². The summed E-state index contributed by atoms with van der Waals surface area (Å²) in [7, 11) is -3.44. The van der Waals surface area contributed by atoms with Crippen molar-refractivity contribution < 1.29 is 18.3 Å². The molecule has 0 aliphatic heterocycles. The maximum Gasteiger partial charge on any atom is 0.307 e. The van der Waals surface area contributed by atoms with Crippen molar-refractivity contribution in [3.8, 4) is 0 Å². The number of carboxylic acids is 1. The van der Waals surface area contributed by atoms with E-state index in [0.717, 1.165) is 16.0 Å². The van der Waals surface area contributed by atoms with Gasteiger partial charge >= 0.3 is 5.97 Å². The number of nitrogens with one attached hydrogen (secondary N) is 1. The third kappa shape index (κ3) is 4.66. The quantitative estimate of drug-likeness (QED) is 0.810. The van der Waals surface area contributed by atoms with Crippen molar-refractivity contribution in [2.75, 3.05) is 6.54 Å². The van der Waals surface area contributed by atoms with E-state index in [2.05, 4.69) is 4.72 Å². The van der Waals surface area contributed by atoms with Crippen LogP contribution in [-0.2, 0) is 27.7 Å². The van der Waals surface area contributed by atoms with E-state index in [4.69, 9.17) is 5.11 Å². The lowest BCUT2D eigenvalue weighted by Crippen LogP contribution is -2.25. The van der Waals surface area contributed by atoms with Gasteiger partial charge in [-0.1, -0.05) is 24.3 Å². The second kappa shape index (κ2) is 7.04. The smallest absolute Gasteiger partial charge is 0.307 e. The number of aliphatic carboxylic acids is 1. The van der Waals surface area contributed by atoms with Crippen LogP contribution in [0.1, 0.15) is 16.0 Å². The summed E-state index contributed by atoms with van der Waals surface area (Å²) in [5.74, 6) is -0.869. The highest BCUT2D eigenvalue weighted by Gasteiger charge is 2.15. The highest BCUT2D eigenvalue weighted by molar-refractivity contribution is 7.91. The van der Waals surface area contributed by atoms with Gasteiger partial charge in [-0.2, -0.15) is 0 Å². The van der Waals surface area contributed by atoms with Gasteiger partial charge in [0.2, 0.25) is 10.0 Å². The molecule has 0 bridgehead atoms. The van der Waals surface area contributed by atoms with E-state index < -0.39 is 16.0 Å². The zero-order valence-electron chi connectivity index (χ0n) is 12.1. The molecule has 0 saturated carbocycles. The summed E-state index contributed by atoms with van der Waals surface area (Å²) in [6.45, 7) is 2.17. The van der Waals surface area contributed by atoms with Gasteiger partial charge in [-0.15, -0.1) is 11.3 Å². The highest BCUT2D eigenvalue weighted by atomic mass is 32.2. The second-order valence-corrected chi connectivity index (χ2v) is 8.18. The SMILES string of the molecule is Cc1ccc(S(=O)(=O)NCCc2ccc(CC(=O)O)cc2)s1. The molecule has 1 aromatic carbocycles. The van der Waals surface area contributed by atoms with Crippen molar-refractivity contribution in [3.05, 3.63) is 52.4 Å². The number of sulfonamides is 1. The number of carboxylic acid groups (broad SMARTS) is 1. The van der Waals surface area contributed by atoms with E-state index in [1.807, 2.05) is 19.1 Å². The summed E-state index contributed by atoms with van der Waals surface area (Å²) in [6, 6.07) is 10.5. The Bertz CT molecular complexity index is 748. The average Bonchev–Trinajstić information content (AvgIpc) is 2.87. The maximum absolute atomic E-state index is 12.0. The van der Waals surface area contributed by atoms with E-state index >= 15 is 0 Å². The number of hydrogen-bond donors (Lipinski definition) is 2. The lowest BCUT2D eigenvalue weighted by Gasteiger charge is -2.05. The van der Waals surface area contributed by atoms with Crippen LogP contribution in [0.5, 0.6) is 0 Å². The Kier molecular flexibility index (Phi) is 5.33. The predicted molar refractivity (Wildman–Crippen MR) is 85.7 cm³/mol. The van der Waals surface area contributed by atoms with Crippen LogP contribution in [0.2, 0.25) is 0 Å². The molecule has 0 amide bonds. The summed E-state index contributed by atoms with van der Waals surface area (Å²) < 4.78 is 27.0. The van der Waals surface area contributed by atoms with Gasteiger partial charge in [-0.25, -0.2) is 13.1 Å². The Balaban J connectivity index is 1.89. The fourth-order valence-corrected chi connectivity index (χ4v) is 4.32. The molecule has 118 valence electrons. The first kappa shape index (κ1) is 16.7. The molecule has 0 atom stereocenters. The van der Waals surface area contributed by atoms with Crippen molar-refractivity contribution in [1.82, 2.24) is 4.72 Å². The molecule has 0 aliphatic carbocycles. The van der Waals surface area contributed by atoms with Crippen LogP contribution in [0.15, 0.2) is 40.6 Å². The molecule has 2 N–H and O–H groups in total. The Morgan fingerprint density at radius 2 is 1.77 bits per heavy atom. The summed E-state index contributed by atoms with van der Waals surface area (Å²) in [6.07, 6.45) is 0.543. The van der Waals surface area contributed by atoms with Crippen molar-refractivity contribution >= 4 is 27.3 Å². The molecule has 0 saturated heterocycles. The van der Waals surface area contributed by atoms with E-state index in [9.17, 15) is 13.2 Å². The highest BCUT2D eigenvalue weighted by Crippen LogP contribution is 2.20. The Hall–Kier alpha value is -1.70. The number of hydrogen-bond acceptors (Lipinski definition) is 4. The molecule has 0 spiro atoms. The van der Waals surface area contributed by atoms with E-state index in [0.29, 0.717) is 17.2 Å². The predicted octanol–water partition coefficient (Wildman–Crippen LogP) is 2.20. The lowest BCUT2D eigenvalue weighted by atomic mass is 10.1. The molecule has 0 aliphatic rings. The molecule has 2 aromatic rings. The molecule has 22 heavy (non-hydrogen) atoms. The maximum atomic E-state index is 12.0. The van der Waals surface area contributed by atoms with Gasteiger partial charge in [-0.3, -0.25) is 4.79 Å². The molecular weight excluding hydrogens is 322 g/mol. The van der Waals surface area contributed by atoms with Crippen LogP contribution in [-0.4, -0.2) is 26.0 Å². The fourth-order valence-electron chi connectivity index (χ4n) is 1.96. The van der Waals surface area contributed by atoms with Crippen LogP contribution in [0, 0.1) is 6.92 Å². The minimum Gasteiger partial charge on any atom is -0.481 e. The van der Waals surface area contributed by atoms with E-state index in [1.54, 1.807) is 24.3 Å². The van der Waals surface area contributed by atoms with Gasteiger partial charge in [-0.05, 0) is 36.6 Å². The Morgan fingerprint density at radius 3 is 2.32 bits per heavy atom. The molecule has 2 rings (SSSR count). The molecule has 1 heterocycles. The largest absolute Gasteiger partial charge is 0.481 e. The summed E-state index contributed by atoms with van der Waals surface area (Å²) in [5, 5.41) is 8.70. The van der Waals surface area contributed by atoms with Gasteiger partial charge in [0.1, 0.15) is 4.21 Å². The summed E-state index contributed by atoms with van der Waals surface area (Å²) in [4.78, 5) is 11.5. The summed E-state index contributed by atoms with van der Waals surface area (Å²) in [5.41, 5.74) is 1.69. The van der Waals surface area contributed by atoms with Gasteiger partial charge in [0.15, 0.2) is 0 Å². The first-order chi connectivity index (χ1) is 10.4. The Labute approximate surface area is 133 Å². The molecule has 0 unspecified atom stereocenters. The molecule has 5 nitrogen and oxygen atoms in total. The molecule has 7 heteroatoms. The monoisotopic (exact) mass is 339 g/mol. The van der Waals surface area contributed by atoms with Gasteiger partial charge < -0.3 is 5.11 Å². The number of benzene rings is 1. The van der Waals surface area contributed by atoms with Gasteiger partial charge in [0, 0.05) is 11.4 Å². The number of aryl methyl sites for hydroxylation is 1. The zero-order valence-corrected chi connectivity index (χ0v) is 13.7. The molecule has 0 fully saturated rings. The minimum absolute atomic E-state index is 0.00929. The zero-order chi connectivity index (χ0) is 16.2. The summed E-state index contributed by atoms with van der Waals surface area (Å²) >= 11 is 1.24. The molecule has 1 aromatic heterocycles. The third-order valence-electron chi connectivity index (χ3n) is 3.06. The fraction of sp³-hybridized carbons (Fsp3) is 0.267. The topological polar surface area (TPSA) is 83.5 Å².